The van der Waals surface area contributed by atoms with Crippen molar-refractivity contribution in [3.8, 4) is 11.4 Å². The van der Waals surface area contributed by atoms with Crippen LogP contribution in [0.5, 0.6) is 0 Å². The maximum atomic E-state index is 11.8. The standard InChI is InChI=1S/C16H19N3O3S/c1-3-13(23-2)15-17-14(18-22-15)11-5-7-12(8-6-11)19-9-4-10-21-16(19)20/h5-8,13H,3-4,9-10H2,1-2H3. The molecule has 0 bridgehead atoms. The predicted octanol–water partition coefficient (Wildman–Crippen LogP) is 3.90. The highest BCUT2D eigenvalue weighted by atomic mass is 32.2. The second-order valence-corrected chi connectivity index (χ2v) is 6.30. The second kappa shape index (κ2) is 7.04. The minimum absolute atomic E-state index is 0.221. The number of ether oxygens (including phenoxy) is 1. The van der Waals surface area contributed by atoms with Gasteiger partial charge in [0.05, 0.1) is 11.9 Å². The summed E-state index contributed by atoms with van der Waals surface area (Å²) in [7, 11) is 0. The van der Waals surface area contributed by atoms with E-state index in [-0.39, 0.29) is 11.3 Å². The summed E-state index contributed by atoms with van der Waals surface area (Å²) in [5, 5.41) is 4.28. The molecule has 1 atom stereocenters. The highest BCUT2D eigenvalue weighted by molar-refractivity contribution is 7.98. The van der Waals surface area contributed by atoms with E-state index in [1.165, 1.54) is 0 Å². The van der Waals surface area contributed by atoms with Gasteiger partial charge < -0.3 is 9.26 Å². The van der Waals surface area contributed by atoms with Gasteiger partial charge in [0, 0.05) is 17.8 Å². The van der Waals surface area contributed by atoms with Gasteiger partial charge >= 0.3 is 6.09 Å². The highest BCUT2D eigenvalue weighted by Crippen LogP contribution is 2.30. The number of aromatic nitrogens is 2. The van der Waals surface area contributed by atoms with Crippen molar-refractivity contribution in [2.24, 2.45) is 0 Å². The van der Waals surface area contributed by atoms with Crippen LogP contribution in [-0.4, -0.2) is 35.6 Å². The van der Waals surface area contributed by atoms with Gasteiger partial charge in [0.2, 0.25) is 11.7 Å². The fraction of sp³-hybridized carbons (Fsp3) is 0.438. The SMILES string of the molecule is CCC(SC)c1nc(-c2ccc(N3CCCOC3=O)cc2)no1. The van der Waals surface area contributed by atoms with Gasteiger partial charge in [-0.1, -0.05) is 12.1 Å². The van der Waals surface area contributed by atoms with Crippen LogP contribution in [0.1, 0.15) is 30.9 Å². The van der Waals surface area contributed by atoms with Gasteiger partial charge in [-0.05, 0) is 43.4 Å². The van der Waals surface area contributed by atoms with E-state index in [0.29, 0.717) is 24.9 Å². The van der Waals surface area contributed by atoms with Gasteiger partial charge in [0.1, 0.15) is 0 Å². The fourth-order valence-corrected chi connectivity index (χ4v) is 3.13. The normalized spacial score (nSPS) is 16.3. The van der Waals surface area contributed by atoms with Crippen LogP contribution in [-0.2, 0) is 4.74 Å². The third-order valence-electron chi connectivity index (χ3n) is 3.78. The van der Waals surface area contributed by atoms with E-state index in [2.05, 4.69) is 17.1 Å². The Hall–Kier alpha value is -2.02. The molecule has 1 amide bonds. The smallest absolute Gasteiger partial charge is 0.414 e. The lowest BCUT2D eigenvalue weighted by Gasteiger charge is -2.26. The molecular weight excluding hydrogens is 314 g/mol. The van der Waals surface area contributed by atoms with Gasteiger partial charge in [-0.3, -0.25) is 4.90 Å². The van der Waals surface area contributed by atoms with Gasteiger partial charge in [0.25, 0.3) is 0 Å². The summed E-state index contributed by atoms with van der Waals surface area (Å²) in [4.78, 5) is 17.9. The number of benzene rings is 1. The molecule has 3 rings (SSSR count). The molecule has 23 heavy (non-hydrogen) atoms. The molecule has 0 radical (unpaired) electrons. The number of hydrogen-bond acceptors (Lipinski definition) is 6. The maximum absolute atomic E-state index is 11.8. The summed E-state index contributed by atoms with van der Waals surface area (Å²) in [6.07, 6.45) is 3.52. The first kappa shape index (κ1) is 15.9. The van der Waals surface area contributed by atoms with E-state index in [1.807, 2.05) is 30.5 Å². The van der Waals surface area contributed by atoms with Crippen LogP contribution in [0.3, 0.4) is 0 Å². The lowest BCUT2D eigenvalue weighted by atomic mass is 10.2. The average molecular weight is 333 g/mol. The molecule has 2 heterocycles. The number of hydrogen-bond donors (Lipinski definition) is 0. The molecule has 1 unspecified atom stereocenters. The first-order valence-electron chi connectivity index (χ1n) is 7.64. The molecule has 6 nitrogen and oxygen atoms in total. The van der Waals surface area contributed by atoms with Crippen LogP contribution >= 0.6 is 11.8 Å². The first-order valence-corrected chi connectivity index (χ1v) is 8.93. The summed E-state index contributed by atoms with van der Waals surface area (Å²) in [5.74, 6) is 1.22. The third kappa shape index (κ3) is 3.34. The lowest BCUT2D eigenvalue weighted by molar-refractivity contribution is 0.140. The number of carbonyl (C=O) groups is 1. The summed E-state index contributed by atoms with van der Waals surface area (Å²) >= 11 is 1.70. The fourth-order valence-electron chi connectivity index (χ4n) is 2.50. The summed E-state index contributed by atoms with van der Waals surface area (Å²) < 4.78 is 10.4. The monoisotopic (exact) mass is 333 g/mol. The van der Waals surface area contributed by atoms with E-state index in [1.54, 1.807) is 16.7 Å². The van der Waals surface area contributed by atoms with Crippen molar-refractivity contribution in [1.29, 1.82) is 0 Å². The predicted molar refractivity (Wildman–Crippen MR) is 89.6 cm³/mol. The molecule has 1 aromatic heterocycles. The van der Waals surface area contributed by atoms with Crippen molar-refractivity contribution in [3.05, 3.63) is 30.2 Å². The first-order chi connectivity index (χ1) is 11.2. The van der Waals surface area contributed by atoms with E-state index in [0.717, 1.165) is 24.1 Å². The second-order valence-electron chi connectivity index (χ2n) is 5.26. The lowest BCUT2D eigenvalue weighted by Crippen LogP contribution is -2.37. The van der Waals surface area contributed by atoms with Crippen LogP contribution < -0.4 is 4.90 Å². The molecule has 2 aromatic rings. The van der Waals surface area contributed by atoms with Crippen molar-refractivity contribution in [2.45, 2.75) is 25.0 Å². The van der Waals surface area contributed by atoms with Gasteiger partial charge in [-0.2, -0.15) is 16.7 Å². The Morgan fingerprint density at radius 1 is 1.35 bits per heavy atom. The van der Waals surface area contributed by atoms with Crippen molar-refractivity contribution in [3.63, 3.8) is 0 Å². The van der Waals surface area contributed by atoms with Crippen LogP contribution in [0.15, 0.2) is 28.8 Å². The summed E-state index contributed by atoms with van der Waals surface area (Å²) in [5.41, 5.74) is 1.68. The van der Waals surface area contributed by atoms with Crippen molar-refractivity contribution in [1.82, 2.24) is 10.1 Å². The molecule has 1 aromatic carbocycles. The molecule has 1 fully saturated rings. The van der Waals surface area contributed by atoms with E-state index in [9.17, 15) is 4.79 Å². The Morgan fingerprint density at radius 2 is 2.13 bits per heavy atom. The molecule has 0 saturated carbocycles. The molecule has 1 aliphatic heterocycles. The van der Waals surface area contributed by atoms with Crippen molar-refractivity contribution in [2.75, 3.05) is 24.3 Å². The molecule has 1 saturated heterocycles. The quantitative estimate of drug-likeness (QED) is 0.826. The Kier molecular flexibility index (Phi) is 4.85. The van der Waals surface area contributed by atoms with Crippen LogP contribution in [0.4, 0.5) is 10.5 Å². The number of anilines is 1. The molecule has 0 N–H and O–H groups in total. The molecule has 7 heteroatoms. The average Bonchev–Trinajstić information content (AvgIpc) is 3.07. The third-order valence-corrected chi connectivity index (χ3v) is 4.89. The Balaban J connectivity index is 1.78. The summed E-state index contributed by atoms with van der Waals surface area (Å²) in [6, 6.07) is 7.55. The van der Waals surface area contributed by atoms with Crippen molar-refractivity contribution < 1.29 is 14.1 Å². The molecule has 0 aliphatic carbocycles. The highest BCUT2D eigenvalue weighted by Gasteiger charge is 2.21. The largest absolute Gasteiger partial charge is 0.449 e. The summed E-state index contributed by atoms with van der Waals surface area (Å²) in [6.45, 7) is 3.26. The maximum Gasteiger partial charge on any atom is 0.414 e. The zero-order chi connectivity index (χ0) is 16.2. The van der Waals surface area contributed by atoms with E-state index < -0.39 is 0 Å². The van der Waals surface area contributed by atoms with Crippen molar-refractivity contribution >= 4 is 23.5 Å². The van der Waals surface area contributed by atoms with Crippen LogP contribution in [0, 0.1) is 0 Å². The van der Waals surface area contributed by atoms with E-state index in [4.69, 9.17) is 9.26 Å². The number of rotatable bonds is 5. The zero-order valence-electron chi connectivity index (χ0n) is 13.2. The van der Waals surface area contributed by atoms with Crippen LogP contribution in [0.25, 0.3) is 11.4 Å². The number of thioether (sulfide) groups is 1. The van der Waals surface area contributed by atoms with Gasteiger partial charge in [-0.15, -0.1) is 0 Å². The molecule has 122 valence electrons. The Morgan fingerprint density at radius 3 is 2.78 bits per heavy atom. The van der Waals surface area contributed by atoms with Gasteiger partial charge in [0.15, 0.2) is 0 Å². The number of nitrogens with zero attached hydrogens (tertiary/aromatic N) is 3. The minimum Gasteiger partial charge on any atom is -0.449 e. The van der Waals surface area contributed by atoms with Gasteiger partial charge in [-0.25, -0.2) is 4.79 Å². The molecule has 1 aliphatic rings. The van der Waals surface area contributed by atoms with Crippen LogP contribution in [0.2, 0.25) is 0 Å². The Labute approximate surface area is 139 Å². The number of cyclic esters (lactones) is 1. The molecule has 0 spiro atoms. The number of amides is 1. The zero-order valence-corrected chi connectivity index (χ0v) is 14.0. The number of carbonyl (C=O) groups excluding carboxylic acids is 1. The molecular formula is C16H19N3O3S. The van der Waals surface area contributed by atoms with E-state index >= 15 is 0 Å². The minimum atomic E-state index is -0.295. The topological polar surface area (TPSA) is 68.5 Å². The Bertz CT molecular complexity index is 667.